The van der Waals surface area contributed by atoms with E-state index in [2.05, 4.69) is 5.32 Å². The minimum atomic E-state index is 0.308. The van der Waals surface area contributed by atoms with Gasteiger partial charge in [-0.05, 0) is 49.5 Å². The predicted molar refractivity (Wildman–Crippen MR) is 63.4 cm³/mol. The van der Waals surface area contributed by atoms with Gasteiger partial charge in [-0.1, -0.05) is 12.1 Å². The highest BCUT2D eigenvalue weighted by molar-refractivity contribution is 5.25. The Kier molecular flexibility index (Phi) is 4.19. The predicted octanol–water partition coefficient (Wildman–Crippen LogP) is 1.91. The zero-order chi connectivity index (χ0) is 11.2. The van der Waals surface area contributed by atoms with Crippen molar-refractivity contribution in [2.45, 2.75) is 19.4 Å². The number of hydrogen-bond donors (Lipinski definition) is 2. The van der Waals surface area contributed by atoms with Crippen LogP contribution in [0.2, 0.25) is 0 Å². The molecular weight excluding hydrogens is 202 g/mol. The molecule has 0 spiro atoms. The first-order chi connectivity index (χ1) is 7.84. The number of nitrogens with one attached hydrogen (secondary N) is 1. The van der Waals surface area contributed by atoms with Crippen LogP contribution in [0.5, 0.6) is 5.75 Å². The van der Waals surface area contributed by atoms with Crippen molar-refractivity contribution >= 4 is 0 Å². The SMILES string of the molecule is Oc1ccc(COCC2CCNCC2)cc1. The molecule has 1 fully saturated rings. The van der Waals surface area contributed by atoms with Crippen molar-refractivity contribution in [1.29, 1.82) is 0 Å². The Balaban J connectivity index is 1.69. The van der Waals surface area contributed by atoms with Crippen molar-refractivity contribution in [2.75, 3.05) is 19.7 Å². The Morgan fingerprint density at radius 2 is 1.88 bits per heavy atom. The molecule has 3 nitrogen and oxygen atoms in total. The van der Waals surface area contributed by atoms with Gasteiger partial charge < -0.3 is 15.2 Å². The van der Waals surface area contributed by atoms with E-state index < -0.39 is 0 Å². The Hall–Kier alpha value is -1.06. The van der Waals surface area contributed by atoms with E-state index in [0.717, 1.165) is 25.3 Å². The van der Waals surface area contributed by atoms with Crippen LogP contribution in [0.3, 0.4) is 0 Å². The van der Waals surface area contributed by atoms with Crippen LogP contribution in [0, 0.1) is 5.92 Å². The Labute approximate surface area is 96.4 Å². The van der Waals surface area contributed by atoms with Crippen LogP contribution in [0.15, 0.2) is 24.3 Å². The summed E-state index contributed by atoms with van der Waals surface area (Å²) >= 11 is 0. The summed E-state index contributed by atoms with van der Waals surface area (Å²) in [5.41, 5.74) is 1.12. The van der Waals surface area contributed by atoms with Crippen molar-refractivity contribution in [3.05, 3.63) is 29.8 Å². The smallest absolute Gasteiger partial charge is 0.115 e. The lowest BCUT2D eigenvalue weighted by atomic mass is 9.99. The molecule has 88 valence electrons. The average molecular weight is 221 g/mol. The van der Waals surface area contributed by atoms with Crippen LogP contribution in [0.25, 0.3) is 0 Å². The standard InChI is InChI=1S/C13H19NO2/c15-13-3-1-11(2-4-13)9-16-10-12-5-7-14-8-6-12/h1-4,12,14-15H,5-10H2. The van der Waals surface area contributed by atoms with Gasteiger partial charge in [0.05, 0.1) is 6.61 Å². The van der Waals surface area contributed by atoms with Gasteiger partial charge in [0.1, 0.15) is 5.75 Å². The maximum atomic E-state index is 9.14. The first kappa shape index (κ1) is 11.4. The molecule has 0 amide bonds. The summed E-state index contributed by atoms with van der Waals surface area (Å²) in [7, 11) is 0. The second-order valence-corrected chi connectivity index (χ2v) is 4.37. The number of hydrogen-bond acceptors (Lipinski definition) is 3. The molecule has 2 N–H and O–H groups in total. The van der Waals surface area contributed by atoms with Crippen LogP contribution in [0.1, 0.15) is 18.4 Å². The molecule has 2 rings (SSSR count). The largest absolute Gasteiger partial charge is 0.508 e. The zero-order valence-corrected chi connectivity index (χ0v) is 9.48. The lowest BCUT2D eigenvalue weighted by molar-refractivity contribution is 0.0763. The summed E-state index contributed by atoms with van der Waals surface area (Å²) in [5, 5.41) is 12.5. The maximum absolute atomic E-state index is 9.14. The van der Waals surface area contributed by atoms with E-state index in [4.69, 9.17) is 9.84 Å². The third-order valence-electron chi connectivity index (χ3n) is 3.02. The summed E-state index contributed by atoms with van der Waals surface area (Å²) in [6.07, 6.45) is 2.44. The lowest BCUT2D eigenvalue weighted by Crippen LogP contribution is -2.29. The molecule has 1 aromatic carbocycles. The van der Waals surface area contributed by atoms with E-state index in [0.29, 0.717) is 18.3 Å². The maximum Gasteiger partial charge on any atom is 0.115 e. The molecule has 1 aliphatic heterocycles. The van der Waals surface area contributed by atoms with Gasteiger partial charge >= 0.3 is 0 Å². The summed E-state index contributed by atoms with van der Waals surface area (Å²) < 4.78 is 5.69. The molecule has 0 unspecified atom stereocenters. The summed E-state index contributed by atoms with van der Waals surface area (Å²) in [6, 6.07) is 7.20. The molecule has 16 heavy (non-hydrogen) atoms. The number of benzene rings is 1. The second kappa shape index (κ2) is 5.87. The van der Waals surface area contributed by atoms with Crippen molar-refractivity contribution in [1.82, 2.24) is 5.32 Å². The quantitative estimate of drug-likeness (QED) is 0.816. The summed E-state index contributed by atoms with van der Waals surface area (Å²) in [6.45, 7) is 3.73. The van der Waals surface area contributed by atoms with Gasteiger partial charge in [0, 0.05) is 6.61 Å². The third-order valence-corrected chi connectivity index (χ3v) is 3.02. The lowest BCUT2D eigenvalue weighted by Gasteiger charge is -2.22. The molecular formula is C13H19NO2. The van der Waals surface area contributed by atoms with Crippen LogP contribution in [-0.4, -0.2) is 24.8 Å². The fraction of sp³-hybridized carbons (Fsp3) is 0.538. The van der Waals surface area contributed by atoms with E-state index in [-0.39, 0.29) is 0 Å². The van der Waals surface area contributed by atoms with Gasteiger partial charge in [-0.3, -0.25) is 0 Å². The van der Waals surface area contributed by atoms with Crippen LogP contribution in [-0.2, 0) is 11.3 Å². The van der Waals surface area contributed by atoms with Gasteiger partial charge in [-0.15, -0.1) is 0 Å². The molecule has 0 aliphatic carbocycles. The number of ether oxygens (including phenoxy) is 1. The van der Waals surface area contributed by atoms with Crippen LogP contribution < -0.4 is 5.32 Å². The van der Waals surface area contributed by atoms with E-state index in [1.165, 1.54) is 12.8 Å². The number of phenolic OH excluding ortho intramolecular Hbond substituents is 1. The fourth-order valence-corrected chi connectivity index (χ4v) is 1.98. The van der Waals surface area contributed by atoms with Gasteiger partial charge in [-0.25, -0.2) is 0 Å². The van der Waals surface area contributed by atoms with Crippen molar-refractivity contribution in [3.63, 3.8) is 0 Å². The molecule has 0 radical (unpaired) electrons. The normalized spacial score (nSPS) is 17.5. The monoisotopic (exact) mass is 221 g/mol. The molecule has 1 saturated heterocycles. The minimum Gasteiger partial charge on any atom is -0.508 e. The Morgan fingerprint density at radius 1 is 1.19 bits per heavy atom. The first-order valence-corrected chi connectivity index (χ1v) is 5.91. The molecule has 3 heteroatoms. The van der Waals surface area contributed by atoms with Crippen LogP contribution >= 0.6 is 0 Å². The number of aromatic hydroxyl groups is 1. The van der Waals surface area contributed by atoms with Crippen molar-refractivity contribution in [3.8, 4) is 5.75 Å². The number of piperidine rings is 1. The van der Waals surface area contributed by atoms with Gasteiger partial charge in [-0.2, -0.15) is 0 Å². The van der Waals surface area contributed by atoms with E-state index in [9.17, 15) is 0 Å². The third kappa shape index (κ3) is 3.51. The topological polar surface area (TPSA) is 41.5 Å². The fourth-order valence-electron chi connectivity index (χ4n) is 1.98. The Bertz CT molecular complexity index is 304. The zero-order valence-electron chi connectivity index (χ0n) is 9.48. The molecule has 0 aromatic heterocycles. The molecule has 0 atom stereocenters. The Morgan fingerprint density at radius 3 is 2.56 bits per heavy atom. The second-order valence-electron chi connectivity index (χ2n) is 4.37. The highest BCUT2D eigenvalue weighted by Gasteiger charge is 2.12. The van der Waals surface area contributed by atoms with Crippen LogP contribution in [0.4, 0.5) is 0 Å². The van der Waals surface area contributed by atoms with Gasteiger partial charge in [0.15, 0.2) is 0 Å². The average Bonchev–Trinajstić information content (AvgIpc) is 2.33. The number of rotatable bonds is 4. The molecule has 0 bridgehead atoms. The molecule has 1 aliphatic rings. The molecule has 0 saturated carbocycles. The highest BCUT2D eigenvalue weighted by Crippen LogP contribution is 2.14. The highest BCUT2D eigenvalue weighted by atomic mass is 16.5. The van der Waals surface area contributed by atoms with Crippen molar-refractivity contribution in [2.24, 2.45) is 5.92 Å². The van der Waals surface area contributed by atoms with E-state index in [1.54, 1.807) is 12.1 Å². The molecule has 1 aromatic rings. The summed E-state index contributed by atoms with van der Waals surface area (Å²) in [4.78, 5) is 0. The summed E-state index contributed by atoms with van der Waals surface area (Å²) in [5.74, 6) is 1.01. The molecule has 1 heterocycles. The van der Waals surface area contributed by atoms with E-state index in [1.807, 2.05) is 12.1 Å². The first-order valence-electron chi connectivity index (χ1n) is 5.91. The van der Waals surface area contributed by atoms with Crippen molar-refractivity contribution < 1.29 is 9.84 Å². The van der Waals surface area contributed by atoms with Gasteiger partial charge in [0.25, 0.3) is 0 Å². The van der Waals surface area contributed by atoms with E-state index >= 15 is 0 Å². The number of phenols is 1. The minimum absolute atomic E-state index is 0.308. The van der Waals surface area contributed by atoms with Gasteiger partial charge in [0.2, 0.25) is 0 Å².